The van der Waals surface area contributed by atoms with E-state index in [-0.39, 0.29) is 12.1 Å². The molecule has 0 bridgehead atoms. The highest BCUT2D eigenvalue weighted by Crippen LogP contribution is 2.32. The van der Waals surface area contributed by atoms with Gasteiger partial charge >= 0.3 is 0 Å². The molecule has 154 valence electrons. The minimum absolute atomic E-state index is 0.151. The van der Waals surface area contributed by atoms with E-state index in [1.165, 1.54) is 22.9 Å². The molecule has 6 heteroatoms. The van der Waals surface area contributed by atoms with Gasteiger partial charge in [-0.1, -0.05) is 84.1 Å². The average molecular weight is 427 g/mol. The summed E-state index contributed by atoms with van der Waals surface area (Å²) >= 11 is 1.52. The van der Waals surface area contributed by atoms with E-state index in [4.69, 9.17) is 10.1 Å². The molecule has 0 fully saturated rings. The lowest BCUT2D eigenvalue weighted by Gasteiger charge is -2.34. The molecule has 5 rings (SSSR count). The lowest BCUT2D eigenvalue weighted by Crippen LogP contribution is -2.50. The van der Waals surface area contributed by atoms with Crippen LogP contribution in [0.5, 0.6) is 0 Å². The van der Waals surface area contributed by atoms with Crippen LogP contribution in [-0.4, -0.2) is 16.1 Å². The molecule has 0 saturated carbocycles. The van der Waals surface area contributed by atoms with E-state index < -0.39 is 0 Å². The van der Waals surface area contributed by atoms with Crippen LogP contribution < -0.4 is 15.9 Å². The Kier molecular flexibility index (Phi) is 5.08. The number of thioether (sulfide) groups is 1. The van der Waals surface area contributed by atoms with Crippen LogP contribution in [0.3, 0.4) is 0 Å². The zero-order chi connectivity index (χ0) is 21.4. The summed E-state index contributed by atoms with van der Waals surface area (Å²) in [5.41, 5.74) is 5.11. The number of hydrogen-bond donors (Lipinski definition) is 1. The zero-order valence-corrected chi connectivity index (χ0v) is 18.2. The van der Waals surface area contributed by atoms with Gasteiger partial charge in [-0.25, -0.2) is 5.01 Å². The molecule has 0 unspecified atom stereocenters. The fourth-order valence-electron chi connectivity index (χ4n) is 3.81. The van der Waals surface area contributed by atoms with E-state index in [0.717, 1.165) is 27.5 Å². The summed E-state index contributed by atoms with van der Waals surface area (Å²) in [4.78, 5) is 18.2. The zero-order valence-electron chi connectivity index (χ0n) is 17.4. The van der Waals surface area contributed by atoms with Crippen molar-refractivity contribution in [3.05, 3.63) is 106 Å². The number of aryl methyl sites for hydroxylation is 2. The van der Waals surface area contributed by atoms with Crippen molar-refractivity contribution in [3.63, 3.8) is 0 Å². The first-order chi connectivity index (χ1) is 15.1. The van der Waals surface area contributed by atoms with Gasteiger partial charge in [0.05, 0.1) is 5.36 Å². The van der Waals surface area contributed by atoms with Crippen molar-refractivity contribution in [1.82, 2.24) is 10.3 Å². The molecule has 0 aromatic heterocycles. The van der Waals surface area contributed by atoms with Crippen molar-refractivity contribution in [2.75, 3.05) is 0 Å². The van der Waals surface area contributed by atoms with Crippen molar-refractivity contribution in [1.29, 1.82) is 0 Å². The van der Waals surface area contributed by atoms with Gasteiger partial charge in [0.15, 0.2) is 11.3 Å². The van der Waals surface area contributed by atoms with Gasteiger partial charge in [-0.2, -0.15) is 0 Å². The predicted octanol–water partition coefficient (Wildman–Crippen LogP) is 3.38. The van der Waals surface area contributed by atoms with Crippen LogP contribution >= 0.6 is 11.8 Å². The summed E-state index contributed by atoms with van der Waals surface area (Å²) in [6, 6.07) is 24.3. The standard InChI is InChI=1S/C25H22N4OS/c1-16-11-13-18(14-12-16)15-31-25-27-24(30)22-20-9-5-6-10-21(20)26-23(29(22)28-25)19-8-4-3-7-17(19)2/h3-14,23H,15H2,1-2H3,(H,27,28,30)/t23-/m1/s1. The van der Waals surface area contributed by atoms with Gasteiger partial charge < -0.3 is 0 Å². The van der Waals surface area contributed by atoms with Crippen LogP contribution in [0.4, 0.5) is 0 Å². The molecule has 2 aliphatic heterocycles. The number of para-hydroxylation sites is 1. The summed E-state index contributed by atoms with van der Waals surface area (Å²) in [6.07, 6.45) is -0.382. The van der Waals surface area contributed by atoms with Gasteiger partial charge in [-0.15, -0.1) is 5.10 Å². The Hall–Kier alpha value is -3.38. The molecule has 3 aromatic rings. The first-order valence-corrected chi connectivity index (χ1v) is 11.2. The van der Waals surface area contributed by atoms with Gasteiger partial charge in [0.25, 0.3) is 5.91 Å². The van der Waals surface area contributed by atoms with Crippen LogP contribution in [0, 0.1) is 13.8 Å². The summed E-state index contributed by atoms with van der Waals surface area (Å²) in [7, 11) is 0. The molecule has 2 aliphatic rings. The molecular formula is C25H22N4OS. The molecule has 1 N–H and O–H groups in total. The molecule has 0 radical (unpaired) electrons. The average Bonchev–Trinajstić information content (AvgIpc) is 2.78. The monoisotopic (exact) mass is 426 g/mol. The molecule has 5 nitrogen and oxygen atoms in total. The first kappa shape index (κ1) is 19.6. The number of hydrogen-bond acceptors (Lipinski definition) is 5. The van der Waals surface area contributed by atoms with Crippen LogP contribution in [0.15, 0.2) is 82.9 Å². The van der Waals surface area contributed by atoms with Gasteiger partial charge in [-0.3, -0.25) is 15.1 Å². The Labute approximate surface area is 185 Å². The number of hydrazone groups is 1. The van der Waals surface area contributed by atoms with Gasteiger partial charge in [0, 0.05) is 16.5 Å². The Morgan fingerprint density at radius 3 is 2.52 bits per heavy atom. The van der Waals surface area contributed by atoms with E-state index in [0.29, 0.717) is 10.9 Å². The lowest BCUT2D eigenvalue weighted by molar-refractivity contribution is -0.116. The number of carbonyl (C=O) groups is 1. The second kappa shape index (κ2) is 8.04. The normalized spacial score (nSPS) is 17.3. The van der Waals surface area contributed by atoms with Crippen LogP contribution in [0.25, 0.3) is 5.70 Å². The highest BCUT2D eigenvalue weighted by Gasteiger charge is 2.34. The largest absolute Gasteiger partial charge is 0.298 e. The Morgan fingerprint density at radius 2 is 1.71 bits per heavy atom. The maximum absolute atomic E-state index is 13.2. The van der Waals surface area contributed by atoms with Crippen molar-refractivity contribution < 1.29 is 4.79 Å². The van der Waals surface area contributed by atoms with Crippen LogP contribution in [0.2, 0.25) is 0 Å². The Morgan fingerprint density at radius 1 is 0.968 bits per heavy atom. The number of amidine groups is 1. The fourth-order valence-corrected chi connectivity index (χ4v) is 4.61. The topological polar surface area (TPSA) is 57.1 Å². The lowest BCUT2D eigenvalue weighted by atomic mass is 10.0. The maximum Gasteiger partial charge on any atom is 0.276 e. The van der Waals surface area contributed by atoms with Crippen molar-refractivity contribution in [2.45, 2.75) is 25.8 Å². The molecular weight excluding hydrogens is 404 g/mol. The third-order valence-corrected chi connectivity index (χ3v) is 6.41. The van der Waals surface area contributed by atoms with Crippen molar-refractivity contribution >= 4 is 28.5 Å². The molecule has 1 atom stereocenters. The number of rotatable bonds is 3. The van der Waals surface area contributed by atoms with Crippen LogP contribution in [-0.2, 0) is 10.5 Å². The van der Waals surface area contributed by atoms with E-state index in [9.17, 15) is 4.79 Å². The van der Waals surface area contributed by atoms with E-state index in [1.807, 2.05) is 36.4 Å². The number of fused-ring (bicyclic) bond motifs is 2. The summed E-state index contributed by atoms with van der Waals surface area (Å²) in [6.45, 7) is 4.13. The molecule has 2 heterocycles. The third kappa shape index (κ3) is 3.75. The highest BCUT2D eigenvalue weighted by atomic mass is 32.2. The second-order valence-electron chi connectivity index (χ2n) is 7.70. The number of carbonyl (C=O) groups excluding carboxylic acids is 1. The maximum atomic E-state index is 13.2. The molecule has 1 amide bonds. The third-order valence-electron chi connectivity index (χ3n) is 5.48. The van der Waals surface area contributed by atoms with E-state index >= 15 is 0 Å². The molecule has 3 aromatic carbocycles. The minimum Gasteiger partial charge on any atom is -0.298 e. The molecule has 0 aliphatic carbocycles. The first-order valence-electron chi connectivity index (χ1n) is 10.2. The Balaban J connectivity index is 1.56. The molecule has 0 spiro atoms. The van der Waals surface area contributed by atoms with Gasteiger partial charge in [0.2, 0.25) is 0 Å². The van der Waals surface area contributed by atoms with Crippen molar-refractivity contribution in [3.8, 4) is 0 Å². The number of nitrogens with one attached hydrogen (secondary N) is 1. The summed E-state index contributed by atoms with van der Waals surface area (Å²) < 4.78 is 0. The SMILES string of the molecule is Cc1ccc(CSC2=NN3C(=c4ccccc4=N[C@H]3c3ccccc3C)C(=O)N2)cc1. The van der Waals surface area contributed by atoms with E-state index in [1.54, 1.807) is 5.01 Å². The van der Waals surface area contributed by atoms with Crippen LogP contribution in [0.1, 0.15) is 28.4 Å². The second-order valence-corrected chi connectivity index (χ2v) is 8.67. The van der Waals surface area contributed by atoms with Crippen molar-refractivity contribution in [2.24, 2.45) is 10.1 Å². The number of amides is 1. The molecule has 31 heavy (non-hydrogen) atoms. The fraction of sp³-hybridized carbons (Fsp3) is 0.160. The number of nitrogens with zero attached hydrogens (tertiary/aromatic N) is 3. The predicted molar refractivity (Wildman–Crippen MR) is 124 cm³/mol. The Bertz CT molecular complexity index is 1310. The number of benzene rings is 3. The van der Waals surface area contributed by atoms with Gasteiger partial charge in [-0.05, 0) is 31.0 Å². The smallest absolute Gasteiger partial charge is 0.276 e. The van der Waals surface area contributed by atoms with Gasteiger partial charge in [0.1, 0.15) is 5.70 Å². The molecule has 0 saturated heterocycles. The highest BCUT2D eigenvalue weighted by molar-refractivity contribution is 8.13. The summed E-state index contributed by atoms with van der Waals surface area (Å²) in [5, 5.41) is 11.8. The minimum atomic E-state index is -0.382. The summed E-state index contributed by atoms with van der Waals surface area (Å²) in [5.74, 6) is 0.577. The quantitative estimate of drug-likeness (QED) is 0.699. The van der Waals surface area contributed by atoms with E-state index in [2.05, 4.69) is 55.6 Å².